The van der Waals surface area contributed by atoms with Crippen LogP contribution in [0.15, 0.2) is 59.5 Å². The average Bonchev–Trinajstić information content (AvgIpc) is 2.49. The van der Waals surface area contributed by atoms with Gasteiger partial charge in [0.1, 0.15) is 6.04 Å². The van der Waals surface area contributed by atoms with Crippen molar-refractivity contribution in [2.45, 2.75) is 17.5 Å². The molecule has 4 heteroatoms. The highest BCUT2D eigenvalue weighted by Gasteiger charge is 2.18. The van der Waals surface area contributed by atoms with E-state index in [2.05, 4.69) is 5.32 Å². The Bertz CT molecular complexity index is 554. The van der Waals surface area contributed by atoms with Crippen LogP contribution >= 0.6 is 11.8 Å². The van der Waals surface area contributed by atoms with Crippen LogP contribution in [0.1, 0.15) is 17.2 Å². The van der Waals surface area contributed by atoms with E-state index in [1.165, 1.54) is 4.90 Å². The first-order valence-electron chi connectivity index (χ1n) is 6.35. The molecule has 104 valence electrons. The molecule has 0 aromatic heterocycles. The molecule has 0 radical (unpaired) electrons. The van der Waals surface area contributed by atoms with E-state index in [1.54, 1.807) is 11.8 Å². The lowest BCUT2D eigenvalue weighted by Crippen LogP contribution is -2.28. The molecule has 1 unspecified atom stereocenters. The minimum atomic E-state index is -0.864. The van der Waals surface area contributed by atoms with Crippen molar-refractivity contribution in [3.05, 3.63) is 65.7 Å². The summed E-state index contributed by atoms with van der Waals surface area (Å²) in [5.41, 5.74) is 1.84. The molecule has 0 aliphatic rings. The first-order valence-corrected chi connectivity index (χ1v) is 7.57. The maximum absolute atomic E-state index is 11.4. The van der Waals surface area contributed by atoms with Crippen LogP contribution in [0.5, 0.6) is 0 Å². The zero-order chi connectivity index (χ0) is 14.4. The maximum Gasteiger partial charge on any atom is 0.325 e. The summed E-state index contributed by atoms with van der Waals surface area (Å²) in [5, 5.41) is 12.4. The monoisotopic (exact) mass is 287 g/mol. The smallest absolute Gasteiger partial charge is 0.325 e. The topological polar surface area (TPSA) is 49.3 Å². The van der Waals surface area contributed by atoms with Gasteiger partial charge >= 0.3 is 5.97 Å². The Morgan fingerprint density at radius 3 is 2.35 bits per heavy atom. The molecule has 0 aliphatic carbocycles. The zero-order valence-corrected chi connectivity index (χ0v) is 12.1. The van der Waals surface area contributed by atoms with Crippen molar-refractivity contribution in [1.82, 2.24) is 5.32 Å². The van der Waals surface area contributed by atoms with Gasteiger partial charge in [-0.1, -0.05) is 42.5 Å². The number of benzene rings is 2. The summed E-state index contributed by atoms with van der Waals surface area (Å²) < 4.78 is 0. The van der Waals surface area contributed by atoms with E-state index in [9.17, 15) is 9.90 Å². The van der Waals surface area contributed by atoms with Gasteiger partial charge in [0.25, 0.3) is 0 Å². The standard InChI is InChI=1S/C16H17NO2S/c1-20-14-9-7-12(8-10-14)11-17-15(16(18)19)13-5-3-2-4-6-13/h2-10,15,17H,11H2,1H3,(H,18,19). The second-order valence-corrected chi connectivity index (χ2v) is 5.29. The van der Waals surface area contributed by atoms with Crippen molar-refractivity contribution in [3.63, 3.8) is 0 Å². The lowest BCUT2D eigenvalue weighted by Gasteiger charge is -2.15. The summed E-state index contributed by atoms with van der Waals surface area (Å²) >= 11 is 1.69. The largest absolute Gasteiger partial charge is 0.480 e. The number of carbonyl (C=O) groups is 1. The number of thioether (sulfide) groups is 1. The van der Waals surface area contributed by atoms with Gasteiger partial charge in [-0.3, -0.25) is 10.1 Å². The SMILES string of the molecule is CSc1ccc(CNC(C(=O)O)c2ccccc2)cc1. The fraction of sp³-hybridized carbons (Fsp3) is 0.188. The van der Waals surface area contributed by atoms with Gasteiger partial charge in [-0.05, 0) is 29.5 Å². The van der Waals surface area contributed by atoms with Gasteiger partial charge in [-0.2, -0.15) is 0 Å². The van der Waals surface area contributed by atoms with Crippen LogP contribution in [0, 0.1) is 0 Å². The second-order valence-electron chi connectivity index (χ2n) is 4.41. The Hall–Kier alpha value is -1.78. The van der Waals surface area contributed by atoms with E-state index in [0.717, 1.165) is 11.1 Å². The van der Waals surface area contributed by atoms with Crippen molar-refractivity contribution in [2.75, 3.05) is 6.26 Å². The molecule has 0 amide bonds. The minimum Gasteiger partial charge on any atom is -0.480 e. The Kier molecular flexibility index (Phi) is 5.21. The third-order valence-electron chi connectivity index (χ3n) is 3.05. The van der Waals surface area contributed by atoms with Crippen LogP contribution in [0.2, 0.25) is 0 Å². The van der Waals surface area contributed by atoms with E-state index in [0.29, 0.717) is 6.54 Å². The number of hydrogen-bond donors (Lipinski definition) is 2. The van der Waals surface area contributed by atoms with E-state index in [1.807, 2.05) is 60.9 Å². The molecule has 2 N–H and O–H groups in total. The molecule has 0 saturated carbocycles. The normalized spacial score (nSPS) is 12.1. The molecule has 0 bridgehead atoms. The predicted octanol–water partition coefficient (Wildman–Crippen LogP) is 3.32. The van der Waals surface area contributed by atoms with Gasteiger partial charge < -0.3 is 5.11 Å². The van der Waals surface area contributed by atoms with Crippen molar-refractivity contribution in [2.24, 2.45) is 0 Å². The number of nitrogens with one attached hydrogen (secondary N) is 1. The molecule has 0 fully saturated rings. The highest BCUT2D eigenvalue weighted by atomic mass is 32.2. The molecular formula is C16H17NO2S. The summed E-state index contributed by atoms with van der Waals surface area (Å²) in [7, 11) is 0. The van der Waals surface area contributed by atoms with Crippen LogP contribution < -0.4 is 5.32 Å². The fourth-order valence-electron chi connectivity index (χ4n) is 1.96. The Morgan fingerprint density at radius 2 is 1.80 bits per heavy atom. The van der Waals surface area contributed by atoms with Gasteiger partial charge in [0, 0.05) is 11.4 Å². The van der Waals surface area contributed by atoms with Gasteiger partial charge in [-0.15, -0.1) is 11.8 Å². The van der Waals surface area contributed by atoms with Crippen molar-refractivity contribution >= 4 is 17.7 Å². The molecule has 3 nitrogen and oxygen atoms in total. The van der Waals surface area contributed by atoms with Crippen molar-refractivity contribution < 1.29 is 9.90 Å². The molecular weight excluding hydrogens is 270 g/mol. The number of aliphatic carboxylic acids is 1. The highest BCUT2D eigenvalue weighted by Crippen LogP contribution is 2.17. The number of carboxylic acids is 1. The summed E-state index contributed by atoms with van der Waals surface area (Å²) in [5.74, 6) is -0.864. The summed E-state index contributed by atoms with van der Waals surface area (Å²) in [6.07, 6.45) is 2.03. The van der Waals surface area contributed by atoms with Crippen LogP contribution in [0.4, 0.5) is 0 Å². The van der Waals surface area contributed by atoms with Crippen LogP contribution in [0.25, 0.3) is 0 Å². The first kappa shape index (κ1) is 14.6. The molecule has 0 heterocycles. The van der Waals surface area contributed by atoms with E-state index in [4.69, 9.17) is 0 Å². The lowest BCUT2D eigenvalue weighted by atomic mass is 10.1. The van der Waals surface area contributed by atoms with Gasteiger partial charge in [0.15, 0.2) is 0 Å². The van der Waals surface area contributed by atoms with Crippen LogP contribution in [0.3, 0.4) is 0 Å². The molecule has 0 saturated heterocycles. The first-order chi connectivity index (χ1) is 9.70. The maximum atomic E-state index is 11.4. The number of carboxylic acid groups (broad SMARTS) is 1. The molecule has 2 aromatic carbocycles. The van der Waals surface area contributed by atoms with Crippen LogP contribution in [-0.2, 0) is 11.3 Å². The molecule has 2 aromatic rings. The Labute approximate surface area is 123 Å². The van der Waals surface area contributed by atoms with Gasteiger partial charge in [0.2, 0.25) is 0 Å². The number of hydrogen-bond acceptors (Lipinski definition) is 3. The lowest BCUT2D eigenvalue weighted by molar-refractivity contribution is -0.139. The highest BCUT2D eigenvalue weighted by molar-refractivity contribution is 7.98. The summed E-state index contributed by atoms with van der Waals surface area (Å²) in [4.78, 5) is 12.6. The van der Waals surface area contributed by atoms with Crippen molar-refractivity contribution in [3.8, 4) is 0 Å². The third kappa shape index (κ3) is 3.85. The van der Waals surface area contributed by atoms with Gasteiger partial charge in [-0.25, -0.2) is 0 Å². The van der Waals surface area contributed by atoms with E-state index in [-0.39, 0.29) is 0 Å². The molecule has 0 aliphatic heterocycles. The van der Waals surface area contributed by atoms with Gasteiger partial charge in [0.05, 0.1) is 0 Å². The van der Waals surface area contributed by atoms with Crippen molar-refractivity contribution in [1.29, 1.82) is 0 Å². The molecule has 20 heavy (non-hydrogen) atoms. The molecule has 1 atom stereocenters. The second kappa shape index (κ2) is 7.12. The third-order valence-corrected chi connectivity index (χ3v) is 3.79. The summed E-state index contributed by atoms with van der Waals surface area (Å²) in [6, 6.07) is 16.7. The molecule has 2 rings (SSSR count). The fourth-order valence-corrected chi connectivity index (χ4v) is 2.36. The number of rotatable bonds is 6. The van der Waals surface area contributed by atoms with E-state index >= 15 is 0 Å². The summed E-state index contributed by atoms with van der Waals surface area (Å²) in [6.45, 7) is 0.528. The Balaban J connectivity index is 2.04. The predicted molar refractivity (Wildman–Crippen MR) is 81.9 cm³/mol. The Morgan fingerprint density at radius 1 is 1.15 bits per heavy atom. The minimum absolute atomic E-state index is 0.528. The van der Waals surface area contributed by atoms with E-state index < -0.39 is 12.0 Å². The van der Waals surface area contributed by atoms with Crippen LogP contribution in [-0.4, -0.2) is 17.3 Å². The quantitative estimate of drug-likeness (QED) is 0.800. The molecule has 0 spiro atoms. The average molecular weight is 287 g/mol. The zero-order valence-electron chi connectivity index (χ0n) is 11.2.